The quantitative estimate of drug-likeness (QED) is 0.660. The molecule has 0 aromatic heterocycles. The van der Waals surface area contributed by atoms with Gasteiger partial charge in [0.05, 0.1) is 28.8 Å². The van der Waals surface area contributed by atoms with E-state index in [9.17, 15) is 4.79 Å². The van der Waals surface area contributed by atoms with E-state index in [0.29, 0.717) is 22.9 Å². The van der Waals surface area contributed by atoms with Crippen molar-refractivity contribution in [1.82, 2.24) is 0 Å². The highest BCUT2D eigenvalue weighted by Crippen LogP contribution is 2.31. The predicted octanol–water partition coefficient (Wildman–Crippen LogP) is 2.68. The SMILES string of the molecule is CCOC(=O)Cc1ccc(N)c(Cl)c1Cl. The van der Waals surface area contributed by atoms with Gasteiger partial charge in [0, 0.05) is 0 Å². The summed E-state index contributed by atoms with van der Waals surface area (Å²) < 4.78 is 4.80. The molecule has 0 fully saturated rings. The standard InChI is InChI=1S/C10H11Cl2NO2/c1-2-15-8(14)5-6-3-4-7(13)10(12)9(6)11/h3-4H,2,5,13H2,1H3. The number of rotatable bonds is 3. The van der Waals surface area contributed by atoms with Crippen LogP contribution in [0.4, 0.5) is 5.69 Å². The first-order valence-corrected chi connectivity index (χ1v) is 5.19. The van der Waals surface area contributed by atoms with E-state index in [0.717, 1.165) is 0 Å². The molecule has 2 N–H and O–H groups in total. The highest BCUT2D eigenvalue weighted by molar-refractivity contribution is 6.44. The lowest BCUT2D eigenvalue weighted by molar-refractivity contribution is -0.142. The topological polar surface area (TPSA) is 52.3 Å². The minimum atomic E-state index is -0.333. The molecule has 0 radical (unpaired) electrons. The van der Waals surface area contributed by atoms with Crippen LogP contribution >= 0.6 is 23.2 Å². The number of nitrogens with two attached hydrogens (primary N) is 1. The Morgan fingerprint density at radius 2 is 2.07 bits per heavy atom. The summed E-state index contributed by atoms with van der Waals surface area (Å²) in [5, 5.41) is 0.586. The minimum Gasteiger partial charge on any atom is -0.466 e. The molecule has 0 heterocycles. The van der Waals surface area contributed by atoms with E-state index in [4.69, 9.17) is 33.7 Å². The van der Waals surface area contributed by atoms with Crippen LogP contribution in [0, 0.1) is 0 Å². The van der Waals surface area contributed by atoms with Crippen molar-refractivity contribution in [1.29, 1.82) is 0 Å². The summed E-state index contributed by atoms with van der Waals surface area (Å²) in [7, 11) is 0. The molecule has 0 bridgehead atoms. The first-order chi connectivity index (χ1) is 7.06. The minimum absolute atomic E-state index is 0.104. The van der Waals surface area contributed by atoms with Gasteiger partial charge >= 0.3 is 5.97 Å². The zero-order chi connectivity index (χ0) is 11.4. The van der Waals surface area contributed by atoms with E-state index in [2.05, 4.69) is 0 Å². The second-order valence-corrected chi connectivity index (χ2v) is 3.68. The number of nitrogen functional groups attached to an aromatic ring is 1. The fourth-order valence-electron chi connectivity index (χ4n) is 1.11. The van der Waals surface area contributed by atoms with Gasteiger partial charge in [-0.2, -0.15) is 0 Å². The van der Waals surface area contributed by atoms with Crippen molar-refractivity contribution >= 4 is 34.9 Å². The number of carbonyl (C=O) groups excluding carboxylic acids is 1. The number of halogens is 2. The number of hydrogen-bond donors (Lipinski definition) is 1. The Kier molecular flexibility index (Phi) is 4.24. The summed E-state index contributed by atoms with van der Waals surface area (Å²) in [5.74, 6) is -0.333. The third-order valence-corrected chi connectivity index (χ3v) is 2.77. The average Bonchev–Trinajstić information content (AvgIpc) is 2.20. The summed E-state index contributed by atoms with van der Waals surface area (Å²) in [6, 6.07) is 3.28. The normalized spacial score (nSPS) is 10.1. The number of esters is 1. The molecular formula is C10H11Cl2NO2. The summed E-state index contributed by atoms with van der Waals surface area (Å²) in [4.78, 5) is 11.2. The van der Waals surface area contributed by atoms with Crippen molar-refractivity contribution in [3.63, 3.8) is 0 Å². The van der Waals surface area contributed by atoms with Gasteiger partial charge in [-0.05, 0) is 18.6 Å². The van der Waals surface area contributed by atoms with Crippen LogP contribution < -0.4 is 5.73 Å². The van der Waals surface area contributed by atoms with Gasteiger partial charge in [-0.15, -0.1) is 0 Å². The maximum atomic E-state index is 11.2. The maximum absolute atomic E-state index is 11.2. The van der Waals surface area contributed by atoms with Gasteiger partial charge < -0.3 is 10.5 Å². The lowest BCUT2D eigenvalue weighted by atomic mass is 10.1. The molecule has 0 atom stereocenters. The highest BCUT2D eigenvalue weighted by atomic mass is 35.5. The van der Waals surface area contributed by atoms with Gasteiger partial charge in [-0.3, -0.25) is 4.79 Å². The third kappa shape index (κ3) is 3.01. The van der Waals surface area contributed by atoms with Crippen LogP contribution in [0.3, 0.4) is 0 Å². The molecule has 82 valence electrons. The summed E-state index contributed by atoms with van der Waals surface area (Å²) in [6.07, 6.45) is 0.104. The van der Waals surface area contributed by atoms with Crippen LogP contribution in [0.2, 0.25) is 10.0 Å². The van der Waals surface area contributed by atoms with Crippen molar-refractivity contribution in [3.8, 4) is 0 Å². The van der Waals surface area contributed by atoms with Crippen LogP contribution in [-0.2, 0) is 16.0 Å². The summed E-state index contributed by atoms with van der Waals surface area (Å²) in [6.45, 7) is 2.09. The fraction of sp³-hybridized carbons (Fsp3) is 0.300. The molecule has 1 rings (SSSR count). The first kappa shape index (κ1) is 12.1. The zero-order valence-corrected chi connectivity index (χ0v) is 9.73. The van der Waals surface area contributed by atoms with Crippen LogP contribution in [0.15, 0.2) is 12.1 Å². The van der Waals surface area contributed by atoms with Crippen molar-refractivity contribution < 1.29 is 9.53 Å². The first-order valence-electron chi connectivity index (χ1n) is 4.44. The van der Waals surface area contributed by atoms with Gasteiger partial charge in [-0.25, -0.2) is 0 Å². The zero-order valence-electron chi connectivity index (χ0n) is 8.22. The van der Waals surface area contributed by atoms with Crippen LogP contribution in [0.25, 0.3) is 0 Å². The Hall–Kier alpha value is -0.930. The molecule has 1 aromatic carbocycles. The van der Waals surface area contributed by atoms with Crippen LogP contribution in [-0.4, -0.2) is 12.6 Å². The van der Waals surface area contributed by atoms with Crippen LogP contribution in [0.1, 0.15) is 12.5 Å². The van der Waals surface area contributed by atoms with Gasteiger partial charge in [0.2, 0.25) is 0 Å². The maximum Gasteiger partial charge on any atom is 0.310 e. The molecule has 0 saturated heterocycles. The van der Waals surface area contributed by atoms with Crippen LogP contribution in [0.5, 0.6) is 0 Å². The van der Waals surface area contributed by atoms with Gasteiger partial charge in [0.1, 0.15) is 0 Å². The fourth-order valence-corrected chi connectivity index (χ4v) is 1.53. The van der Waals surface area contributed by atoms with Crippen molar-refractivity contribution in [2.45, 2.75) is 13.3 Å². The van der Waals surface area contributed by atoms with E-state index < -0.39 is 0 Å². The molecule has 0 aliphatic rings. The second-order valence-electron chi connectivity index (χ2n) is 2.92. The van der Waals surface area contributed by atoms with Crippen molar-refractivity contribution in [2.75, 3.05) is 12.3 Å². The Balaban J connectivity index is 2.87. The number of anilines is 1. The lowest BCUT2D eigenvalue weighted by Gasteiger charge is -2.07. The monoisotopic (exact) mass is 247 g/mol. The molecular weight excluding hydrogens is 237 g/mol. The molecule has 3 nitrogen and oxygen atoms in total. The Labute approximate surface area is 98.1 Å². The molecule has 0 unspecified atom stereocenters. The number of benzene rings is 1. The van der Waals surface area contributed by atoms with Gasteiger partial charge in [0.15, 0.2) is 0 Å². The Bertz CT molecular complexity index is 380. The average molecular weight is 248 g/mol. The molecule has 0 spiro atoms. The Morgan fingerprint density at radius 3 is 2.67 bits per heavy atom. The highest BCUT2D eigenvalue weighted by Gasteiger charge is 2.11. The molecule has 15 heavy (non-hydrogen) atoms. The molecule has 0 aliphatic carbocycles. The number of carbonyl (C=O) groups is 1. The molecule has 0 saturated carbocycles. The van der Waals surface area contributed by atoms with E-state index in [-0.39, 0.29) is 17.4 Å². The molecule has 5 heteroatoms. The Morgan fingerprint density at radius 1 is 1.40 bits per heavy atom. The van der Waals surface area contributed by atoms with Gasteiger partial charge in [-0.1, -0.05) is 29.3 Å². The smallest absolute Gasteiger partial charge is 0.310 e. The third-order valence-electron chi connectivity index (χ3n) is 1.83. The molecule has 1 aromatic rings. The van der Waals surface area contributed by atoms with Gasteiger partial charge in [0.25, 0.3) is 0 Å². The van der Waals surface area contributed by atoms with E-state index >= 15 is 0 Å². The number of hydrogen-bond acceptors (Lipinski definition) is 3. The summed E-state index contributed by atoms with van der Waals surface area (Å²) >= 11 is 11.8. The molecule has 0 amide bonds. The lowest BCUT2D eigenvalue weighted by Crippen LogP contribution is -2.08. The summed E-state index contributed by atoms with van der Waals surface area (Å²) in [5.41, 5.74) is 6.56. The van der Waals surface area contributed by atoms with Crippen molar-refractivity contribution in [2.24, 2.45) is 0 Å². The largest absolute Gasteiger partial charge is 0.466 e. The van der Waals surface area contributed by atoms with E-state index in [1.54, 1.807) is 19.1 Å². The van der Waals surface area contributed by atoms with E-state index in [1.807, 2.05) is 0 Å². The molecule has 0 aliphatic heterocycles. The predicted molar refractivity (Wildman–Crippen MR) is 61.2 cm³/mol. The number of ether oxygens (including phenoxy) is 1. The van der Waals surface area contributed by atoms with Crippen molar-refractivity contribution in [3.05, 3.63) is 27.7 Å². The second kappa shape index (κ2) is 5.24. The van der Waals surface area contributed by atoms with E-state index in [1.165, 1.54) is 0 Å².